The van der Waals surface area contributed by atoms with Crippen LogP contribution in [-0.2, 0) is 16.0 Å². The number of hydrogen-bond donors (Lipinski definition) is 1. The van der Waals surface area contributed by atoms with E-state index in [0.29, 0.717) is 18.1 Å². The third-order valence-corrected chi connectivity index (χ3v) is 3.86. The Morgan fingerprint density at radius 1 is 1.52 bits per heavy atom. The lowest BCUT2D eigenvalue weighted by Gasteiger charge is -2.29. The predicted octanol–water partition coefficient (Wildman–Crippen LogP) is 2.07. The fraction of sp³-hybridized carbons (Fsp3) is 0.467. The van der Waals surface area contributed by atoms with E-state index in [0.717, 1.165) is 11.3 Å². The summed E-state index contributed by atoms with van der Waals surface area (Å²) in [6.07, 6.45) is 0.556. The van der Waals surface area contributed by atoms with Crippen molar-refractivity contribution in [2.75, 3.05) is 20.2 Å². The number of rotatable bonds is 4. The molecule has 1 aromatic carbocycles. The van der Waals surface area contributed by atoms with Crippen LogP contribution in [0.25, 0.3) is 0 Å². The van der Waals surface area contributed by atoms with Crippen LogP contribution in [-0.4, -0.2) is 42.1 Å². The van der Waals surface area contributed by atoms with Crippen molar-refractivity contribution in [2.24, 2.45) is 11.8 Å². The van der Waals surface area contributed by atoms with Crippen molar-refractivity contribution in [1.82, 2.24) is 4.90 Å². The molecule has 0 radical (unpaired) electrons. The predicted molar refractivity (Wildman–Crippen MR) is 78.6 cm³/mol. The Hall–Kier alpha value is -1.75. The number of aliphatic carboxylic acids is 1. The van der Waals surface area contributed by atoms with Gasteiger partial charge in [-0.1, -0.05) is 18.5 Å². The Morgan fingerprint density at radius 2 is 2.24 bits per heavy atom. The van der Waals surface area contributed by atoms with E-state index in [1.807, 2.05) is 0 Å². The molecule has 0 spiro atoms. The summed E-state index contributed by atoms with van der Waals surface area (Å²) in [5, 5.41) is 9.52. The molecule has 114 valence electrons. The zero-order chi connectivity index (χ0) is 15.6. The molecule has 1 aromatic rings. The van der Waals surface area contributed by atoms with Gasteiger partial charge in [0.25, 0.3) is 0 Å². The minimum atomic E-state index is -0.910. The molecule has 0 aromatic heterocycles. The molecular formula is C15H18ClNO4. The minimum Gasteiger partial charge on any atom is -0.492 e. The van der Waals surface area contributed by atoms with Crippen molar-refractivity contribution in [2.45, 2.75) is 13.3 Å². The lowest BCUT2D eigenvalue weighted by atomic mass is 9.95. The van der Waals surface area contributed by atoms with Gasteiger partial charge in [0.05, 0.1) is 11.8 Å². The number of benzene rings is 1. The highest BCUT2D eigenvalue weighted by Gasteiger charge is 2.29. The highest BCUT2D eigenvalue weighted by molar-refractivity contribution is 6.30. The molecule has 5 nitrogen and oxygen atoms in total. The smallest absolute Gasteiger partial charge is 0.308 e. The zero-order valence-electron chi connectivity index (χ0n) is 12.0. The molecule has 1 aliphatic rings. The molecule has 1 heterocycles. The van der Waals surface area contributed by atoms with Gasteiger partial charge in [0, 0.05) is 18.6 Å². The quantitative estimate of drug-likeness (QED) is 0.924. The van der Waals surface area contributed by atoms with Crippen LogP contribution in [0.1, 0.15) is 12.5 Å². The van der Waals surface area contributed by atoms with Crippen molar-refractivity contribution in [1.29, 1.82) is 0 Å². The summed E-state index contributed by atoms with van der Waals surface area (Å²) in [5.41, 5.74) is 0.909. The van der Waals surface area contributed by atoms with Gasteiger partial charge in [-0.2, -0.15) is 0 Å². The summed E-state index contributed by atoms with van der Waals surface area (Å²) in [5.74, 6) is -1.16. The Morgan fingerprint density at radius 3 is 2.90 bits per heavy atom. The average molecular weight is 312 g/mol. The van der Waals surface area contributed by atoms with Crippen LogP contribution in [0.5, 0.6) is 5.75 Å². The minimum absolute atomic E-state index is 0.103. The first kappa shape index (κ1) is 15.6. The van der Waals surface area contributed by atoms with Gasteiger partial charge in [-0.3, -0.25) is 9.59 Å². The molecule has 21 heavy (non-hydrogen) atoms. The van der Waals surface area contributed by atoms with Gasteiger partial charge in [0.1, 0.15) is 12.4 Å². The van der Waals surface area contributed by atoms with Crippen LogP contribution in [0, 0.1) is 11.8 Å². The molecule has 6 heteroatoms. The highest BCUT2D eigenvalue weighted by Crippen LogP contribution is 2.30. The van der Waals surface area contributed by atoms with Gasteiger partial charge in [0.2, 0.25) is 5.91 Å². The van der Waals surface area contributed by atoms with Crippen molar-refractivity contribution >= 4 is 23.5 Å². The molecular weight excluding hydrogens is 294 g/mol. The molecule has 1 N–H and O–H groups in total. The Labute approximate surface area is 128 Å². The molecule has 0 saturated heterocycles. The summed E-state index contributed by atoms with van der Waals surface area (Å²) in [7, 11) is 1.62. The molecule has 0 fully saturated rings. The van der Waals surface area contributed by atoms with Crippen molar-refractivity contribution in [3.05, 3.63) is 28.8 Å². The van der Waals surface area contributed by atoms with E-state index in [4.69, 9.17) is 21.4 Å². The number of carbonyl (C=O) groups excluding carboxylic acids is 1. The van der Waals surface area contributed by atoms with Crippen LogP contribution in [0.15, 0.2) is 18.2 Å². The second kappa shape index (κ2) is 6.35. The van der Waals surface area contributed by atoms with Gasteiger partial charge in [0.15, 0.2) is 0 Å². The molecule has 1 amide bonds. The summed E-state index contributed by atoms with van der Waals surface area (Å²) in [4.78, 5) is 24.7. The van der Waals surface area contributed by atoms with Gasteiger partial charge < -0.3 is 14.7 Å². The summed E-state index contributed by atoms with van der Waals surface area (Å²) in [6, 6.07) is 5.36. The van der Waals surface area contributed by atoms with Crippen LogP contribution in [0.2, 0.25) is 5.02 Å². The largest absolute Gasteiger partial charge is 0.492 e. The van der Waals surface area contributed by atoms with Crippen LogP contribution in [0.3, 0.4) is 0 Å². The average Bonchev–Trinajstić information content (AvgIpc) is 2.45. The zero-order valence-corrected chi connectivity index (χ0v) is 12.8. The first-order chi connectivity index (χ1) is 9.88. The van der Waals surface area contributed by atoms with E-state index in [1.165, 1.54) is 4.90 Å². The molecule has 1 aliphatic heterocycles. The van der Waals surface area contributed by atoms with E-state index < -0.39 is 11.9 Å². The first-order valence-electron chi connectivity index (χ1n) is 6.77. The summed E-state index contributed by atoms with van der Waals surface area (Å²) in [6.45, 7) is 2.07. The number of hydrogen-bond acceptors (Lipinski definition) is 3. The van der Waals surface area contributed by atoms with E-state index in [9.17, 15) is 9.59 Å². The molecule has 0 saturated carbocycles. The standard InChI is InChI=1S/C15H18ClNO4/c1-9(15(19)20)7-17(2)14(18)11-5-10-6-12(16)3-4-13(10)21-8-11/h3-4,6,9,11H,5,7-8H2,1-2H3,(H,19,20). The molecule has 2 unspecified atom stereocenters. The third-order valence-electron chi connectivity index (χ3n) is 3.62. The van der Waals surface area contributed by atoms with Crippen molar-refractivity contribution in [3.8, 4) is 5.75 Å². The van der Waals surface area contributed by atoms with Crippen molar-refractivity contribution < 1.29 is 19.4 Å². The number of amides is 1. The number of carboxylic acids is 1. The van der Waals surface area contributed by atoms with Gasteiger partial charge >= 0.3 is 5.97 Å². The molecule has 2 atom stereocenters. The maximum Gasteiger partial charge on any atom is 0.308 e. The normalized spacial score (nSPS) is 18.3. The van der Waals surface area contributed by atoms with Gasteiger partial charge in [-0.25, -0.2) is 0 Å². The van der Waals surface area contributed by atoms with Crippen LogP contribution in [0.4, 0.5) is 0 Å². The molecule has 0 bridgehead atoms. The maximum atomic E-state index is 12.4. The first-order valence-corrected chi connectivity index (χ1v) is 7.15. The lowest BCUT2D eigenvalue weighted by Crippen LogP contribution is -2.41. The maximum absolute atomic E-state index is 12.4. The Bertz CT molecular complexity index is 561. The number of nitrogens with zero attached hydrogens (tertiary/aromatic N) is 1. The fourth-order valence-corrected chi connectivity index (χ4v) is 2.61. The number of carboxylic acid groups (broad SMARTS) is 1. The van der Waals surface area contributed by atoms with E-state index in [1.54, 1.807) is 32.2 Å². The SMILES string of the molecule is CC(CN(C)C(=O)C1COc2ccc(Cl)cc2C1)C(=O)O. The van der Waals surface area contributed by atoms with E-state index in [2.05, 4.69) is 0 Å². The molecule has 0 aliphatic carbocycles. The van der Waals surface area contributed by atoms with Gasteiger partial charge in [-0.15, -0.1) is 0 Å². The molecule has 2 rings (SSSR count). The number of fused-ring (bicyclic) bond motifs is 1. The fourth-order valence-electron chi connectivity index (χ4n) is 2.41. The summed E-state index contributed by atoms with van der Waals surface area (Å²) < 4.78 is 5.59. The monoisotopic (exact) mass is 311 g/mol. The number of ether oxygens (including phenoxy) is 1. The second-order valence-electron chi connectivity index (χ2n) is 5.42. The van der Waals surface area contributed by atoms with E-state index >= 15 is 0 Å². The lowest BCUT2D eigenvalue weighted by molar-refractivity contribution is -0.143. The second-order valence-corrected chi connectivity index (χ2v) is 5.86. The van der Waals surface area contributed by atoms with Gasteiger partial charge in [-0.05, 0) is 30.2 Å². The Balaban J connectivity index is 2.03. The third kappa shape index (κ3) is 3.67. The Kier molecular flexibility index (Phi) is 4.73. The topological polar surface area (TPSA) is 66.8 Å². The number of halogens is 1. The number of carbonyl (C=O) groups is 2. The summed E-state index contributed by atoms with van der Waals surface area (Å²) >= 11 is 5.95. The van der Waals surface area contributed by atoms with Crippen LogP contribution >= 0.6 is 11.6 Å². The highest BCUT2D eigenvalue weighted by atomic mass is 35.5. The van der Waals surface area contributed by atoms with E-state index in [-0.39, 0.29) is 18.4 Å². The van der Waals surface area contributed by atoms with Crippen LogP contribution < -0.4 is 4.74 Å². The van der Waals surface area contributed by atoms with Crippen molar-refractivity contribution in [3.63, 3.8) is 0 Å².